The van der Waals surface area contributed by atoms with Crippen molar-refractivity contribution in [3.8, 4) is 0 Å². The molecule has 1 heterocycles. The van der Waals surface area contributed by atoms with Crippen LogP contribution in [0.15, 0.2) is 0 Å². The van der Waals surface area contributed by atoms with Crippen LogP contribution in [-0.2, 0) is 4.74 Å². The molecule has 2 nitrogen and oxygen atoms in total. The quantitative estimate of drug-likeness (QED) is 0.597. The summed E-state index contributed by atoms with van der Waals surface area (Å²) in [4.78, 5) is 0. The zero-order valence-electron chi connectivity index (χ0n) is 5.73. The molecule has 0 aromatic rings. The van der Waals surface area contributed by atoms with Gasteiger partial charge < -0.3 is 10.1 Å². The Balaban J connectivity index is 2.08. The largest absolute Gasteiger partial charge is 0.377 e. The SMILES string of the molecule is [CH2]NCC1CCCCO1. The molecule has 1 saturated heterocycles. The van der Waals surface area contributed by atoms with Gasteiger partial charge in [0.15, 0.2) is 0 Å². The summed E-state index contributed by atoms with van der Waals surface area (Å²) in [5.41, 5.74) is 0. The van der Waals surface area contributed by atoms with Gasteiger partial charge in [0.1, 0.15) is 0 Å². The molecule has 53 valence electrons. The van der Waals surface area contributed by atoms with E-state index in [0.717, 1.165) is 13.2 Å². The molecule has 0 saturated carbocycles. The maximum atomic E-state index is 5.42. The summed E-state index contributed by atoms with van der Waals surface area (Å²) >= 11 is 0. The lowest BCUT2D eigenvalue weighted by atomic mass is 10.1. The molecular formula is C7H14NO. The van der Waals surface area contributed by atoms with E-state index in [4.69, 9.17) is 4.74 Å². The Morgan fingerprint density at radius 2 is 2.44 bits per heavy atom. The Labute approximate surface area is 56.6 Å². The monoisotopic (exact) mass is 128 g/mol. The third kappa shape index (κ3) is 2.33. The number of hydrogen-bond acceptors (Lipinski definition) is 2. The Morgan fingerprint density at radius 1 is 1.56 bits per heavy atom. The van der Waals surface area contributed by atoms with Crippen LogP contribution in [0.25, 0.3) is 0 Å². The highest BCUT2D eigenvalue weighted by Crippen LogP contribution is 2.11. The molecular weight excluding hydrogens is 114 g/mol. The minimum Gasteiger partial charge on any atom is -0.377 e. The Bertz CT molecular complexity index is 66.6. The van der Waals surface area contributed by atoms with E-state index >= 15 is 0 Å². The summed E-state index contributed by atoms with van der Waals surface area (Å²) in [5, 5.41) is 2.86. The second-order valence-electron chi connectivity index (χ2n) is 2.44. The number of nitrogens with one attached hydrogen (secondary N) is 1. The summed E-state index contributed by atoms with van der Waals surface area (Å²) < 4.78 is 5.42. The van der Waals surface area contributed by atoms with E-state index in [-0.39, 0.29) is 0 Å². The predicted molar refractivity (Wildman–Crippen MR) is 37.0 cm³/mol. The van der Waals surface area contributed by atoms with Gasteiger partial charge >= 0.3 is 0 Å². The Morgan fingerprint density at radius 3 is 3.00 bits per heavy atom. The van der Waals surface area contributed by atoms with Gasteiger partial charge in [-0.15, -0.1) is 0 Å². The van der Waals surface area contributed by atoms with Crippen LogP contribution in [0.1, 0.15) is 19.3 Å². The third-order valence-electron chi connectivity index (χ3n) is 1.65. The van der Waals surface area contributed by atoms with Crippen molar-refractivity contribution in [2.24, 2.45) is 0 Å². The van der Waals surface area contributed by atoms with Crippen LogP contribution in [0, 0.1) is 7.05 Å². The van der Waals surface area contributed by atoms with Gasteiger partial charge in [0.05, 0.1) is 6.10 Å². The van der Waals surface area contributed by atoms with Crippen LogP contribution >= 0.6 is 0 Å². The molecule has 0 spiro atoms. The number of hydrogen-bond donors (Lipinski definition) is 1. The van der Waals surface area contributed by atoms with Crippen LogP contribution in [0.3, 0.4) is 0 Å². The van der Waals surface area contributed by atoms with Crippen molar-refractivity contribution in [3.63, 3.8) is 0 Å². The highest BCUT2D eigenvalue weighted by molar-refractivity contribution is 4.65. The highest BCUT2D eigenvalue weighted by Gasteiger charge is 2.11. The first-order chi connectivity index (χ1) is 4.43. The molecule has 9 heavy (non-hydrogen) atoms. The first-order valence-corrected chi connectivity index (χ1v) is 3.55. The van der Waals surface area contributed by atoms with Crippen LogP contribution in [0.2, 0.25) is 0 Å². The molecule has 1 unspecified atom stereocenters. The standard InChI is InChI=1S/C7H14NO/c1-8-6-7-4-2-3-5-9-7/h7-8H,1-6H2. The van der Waals surface area contributed by atoms with E-state index in [1.807, 2.05) is 0 Å². The summed E-state index contributed by atoms with van der Waals surface area (Å²) in [5.74, 6) is 0. The van der Waals surface area contributed by atoms with E-state index in [0.29, 0.717) is 6.10 Å². The fourth-order valence-electron chi connectivity index (χ4n) is 1.13. The van der Waals surface area contributed by atoms with Gasteiger partial charge in [-0.05, 0) is 19.3 Å². The minimum atomic E-state index is 0.427. The van der Waals surface area contributed by atoms with E-state index in [9.17, 15) is 0 Å². The summed E-state index contributed by atoms with van der Waals surface area (Å²) in [6, 6.07) is 0. The van der Waals surface area contributed by atoms with Crippen molar-refractivity contribution in [3.05, 3.63) is 7.05 Å². The fourth-order valence-corrected chi connectivity index (χ4v) is 1.13. The first kappa shape index (κ1) is 7.03. The molecule has 0 aromatic heterocycles. The molecule has 1 aliphatic heterocycles. The predicted octanol–water partition coefficient (Wildman–Crippen LogP) is 0.937. The average Bonchev–Trinajstić information content (AvgIpc) is 1.91. The zero-order valence-corrected chi connectivity index (χ0v) is 5.73. The maximum Gasteiger partial charge on any atom is 0.0699 e. The normalized spacial score (nSPS) is 28.3. The van der Waals surface area contributed by atoms with Gasteiger partial charge in [0.2, 0.25) is 0 Å². The molecule has 1 aliphatic rings. The zero-order chi connectivity index (χ0) is 6.53. The van der Waals surface area contributed by atoms with Crippen LogP contribution < -0.4 is 5.32 Å². The number of ether oxygens (including phenoxy) is 1. The number of rotatable bonds is 2. The Kier molecular flexibility index (Phi) is 3.01. The molecule has 0 aromatic carbocycles. The van der Waals surface area contributed by atoms with E-state index in [1.54, 1.807) is 0 Å². The highest BCUT2D eigenvalue weighted by atomic mass is 16.5. The van der Waals surface area contributed by atoms with Crippen LogP contribution in [-0.4, -0.2) is 19.3 Å². The van der Waals surface area contributed by atoms with Crippen molar-refractivity contribution in [1.82, 2.24) is 5.32 Å². The lowest BCUT2D eigenvalue weighted by molar-refractivity contribution is 0.0187. The summed E-state index contributed by atoms with van der Waals surface area (Å²) in [6.45, 7) is 1.84. The van der Waals surface area contributed by atoms with Gasteiger partial charge in [0.25, 0.3) is 0 Å². The summed E-state index contributed by atoms with van der Waals surface area (Å²) in [6.07, 6.45) is 4.17. The molecule has 0 bridgehead atoms. The average molecular weight is 128 g/mol. The van der Waals surface area contributed by atoms with Gasteiger partial charge in [0, 0.05) is 20.2 Å². The second-order valence-corrected chi connectivity index (χ2v) is 2.44. The van der Waals surface area contributed by atoms with Gasteiger partial charge in [-0.3, -0.25) is 0 Å². The second kappa shape index (κ2) is 3.85. The lowest BCUT2D eigenvalue weighted by Crippen LogP contribution is -2.28. The first-order valence-electron chi connectivity index (χ1n) is 3.55. The third-order valence-corrected chi connectivity index (χ3v) is 1.65. The molecule has 1 radical (unpaired) electrons. The molecule has 1 N–H and O–H groups in total. The molecule has 2 heteroatoms. The topological polar surface area (TPSA) is 21.3 Å². The van der Waals surface area contributed by atoms with Gasteiger partial charge in [-0.1, -0.05) is 0 Å². The molecule has 1 rings (SSSR count). The Hall–Kier alpha value is -0.0800. The van der Waals surface area contributed by atoms with Crippen LogP contribution in [0.4, 0.5) is 0 Å². The van der Waals surface area contributed by atoms with E-state index < -0.39 is 0 Å². The smallest absolute Gasteiger partial charge is 0.0699 e. The van der Waals surface area contributed by atoms with Crippen LogP contribution in [0.5, 0.6) is 0 Å². The van der Waals surface area contributed by atoms with Crippen molar-refractivity contribution >= 4 is 0 Å². The maximum absolute atomic E-state index is 5.42. The van der Waals surface area contributed by atoms with Crippen molar-refractivity contribution in [1.29, 1.82) is 0 Å². The molecule has 1 fully saturated rings. The van der Waals surface area contributed by atoms with Gasteiger partial charge in [-0.2, -0.15) is 0 Å². The van der Waals surface area contributed by atoms with E-state index in [2.05, 4.69) is 12.4 Å². The fraction of sp³-hybridized carbons (Fsp3) is 0.857. The van der Waals surface area contributed by atoms with Crippen molar-refractivity contribution in [2.75, 3.05) is 13.2 Å². The van der Waals surface area contributed by atoms with Gasteiger partial charge in [-0.25, -0.2) is 0 Å². The van der Waals surface area contributed by atoms with E-state index in [1.165, 1.54) is 19.3 Å². The molecule has 0 aliphatic carbocycles. The van der Waals surface area contributed by atoms with Crippen molar-refractivity contribution in [2.45, 2.75) is 25.4 Å². The lowest BCUT2D eigenvalue weighted by Gasteiger charge is -2.21. The summed E-state index contributed by atoms with van der Waals surface area (Å²) in [7, 11) is 3.55. The molecule has 0 amide bonds. The minimum absolute atomic E-state index is 0.427. The van der Waals surface area contributed by atoms with Crippen molar-refractivity contribution < 1.29 is 4.74 Å². The molecule has 1 atom stereocenters.